The lowest BCUT2D eigenvalue weighted by Gasteiger charge is -2.33. The highest BCUT2D eigenvalue weighted by molar-refractivity contribution is 5.78. The normalized spacial score (nSPS) is 17.7. The summed E-state index contributed by atoms with van der Waals surface area (Å²) in [5.41, 5.74) is 0.666. The number of hydrogen-bond acceptors (Lipinski definition) is 6. The smallest absolute Gasteiger partial charge is 0.293 e. The van der Waals surface area contributed by atoms with E-state index < -0.39 is 0 Å². The molecule has 0 radical (unpaired) electrons. The molecule has 1 fully saturated rings. The van der Waals surface area contributed by atoms with E-state index in [1.165, 1.54) is 4.57 Å². The van der Waals surface area contributed by atoms with Crippen LogP contribution in [0.1, 0.15) is 5.56 Å². The van der Waals surface area contributed by atoms with Gasteiger partial charge >= 0.3 is 0 Å². The number of aryl methyl sites for hydroxylation is 1. The minimum atomic E-state index is -0.193. The molecule has 128 valence electrons. The number of carbonyl (C=O) groups excluding carboxylic acids is 1. The summed E-state index contributed by atoms with van der Waals surface area (Å²) in [6.45, 7) is 1.95. The average Bonchev–Trinajstić information content (AvgIpc) is 3.09. The van der Waals surface area contributed by atoms with Gasteiger partial charge in [0.15, 0.2) is 5.82 Å². The molecule has 1 N–H and O–H groups in total. The monoisotopic (exact) mass is 332 g/mol. The molecule has 8 nitrogen and oxygen atoms in total. The lowest BCUT2D eigenvalue weighted by Crippen LogP contribution is -2.48. The van der Waals surface area contributed by atoms with Gasteiger partial charge in [-0.2, -0.15) is 0 Å². The van der Waals surface area contributed by atoms with Crippen molar-refractivity contribution in [1.82, 2.24) is 14.5 Å². The van der Waals surface area contributed by atoms with Crippen LogP contribution in [-0.4, -0.2) is 52.7 Å². The van der Waals surface area contributed by atoms with E-state index in [0.29, 0.717) is 32.7 Å². The Morgan fingerprint density at radius 3 is 3.17 bits per heavy atom. The number of hydrogen-bond donors (Lipinski definition) is 1. The van der Waals surface area contributed by atoms with Crippen molar-refractivity contribution in [2.75, 3.05) is 31.6 Å². The van der Waals surface area contributed by atoms with Gasteiger partial charge in [-0.15, -0.1) is 0 Å². The van der Waals surface area contributed by atoms with Crippen molar-refractivity contribution in [1.29, 1.82) is 0 Å². The minimum absolute atomic E-state index is 0.0402. The highest BCUT2D eigenvalue weighted by Gasteiger charge is 2.24. The molecular formula is C16H20N4O4. The zero-order chi connectivity index (χ0) is 16.9. The first-order chi connectivity index (χ1) is 11.6. The summed E-state index contributed by atoms with van der Waals surface area (Å²) in [6.07, 6.45) is 6.43. The second-order valence-corrected chi connectivity index (χ2v) is 5.71. The van der Waals surface area contributed by atoms with E-state index in [2.05, 4.69) is 10.3 Å². The molecule has 3 heterocycles. The van der Waals surface area contributed by atoms with Gasteiger partial charge in [-0.3, -0.25) is 9.59 Å². The van der Waals surface area contributed by atoms with E-state index in [4.69, 9.17) is 9.15 Å². The number of nitrogens with one attached hydrogen (secondary N) is 1. The highest BCUT2D eigenvalue weighted by atomic mass is 16.5. The topological polar surface area (TPSA) is 89.6 Å². The number of morpholine rings is 1. The maximum absolute atomic E-state index is 12.3. The van der Waals surface area contributed by atoms with E-state index >= 15 is 0 Å². The van der Waals surface area contributed by atoms with Crippen molar-refractivity contribution in [2.45, 2.75) is 12.5 Å². The van der Waals surface area contributed by atoms with Gasteiger partial charge < -0.3 is 23.9 Å². The Balaban J connectivity index is 1.54. The van der Waals surface area contributed by atoms with E-state index in [1.54, 1.807) is 42.9 Å². The molecule has 8 heteroatoms. The summed E-state index contributed by atoms with van der Waals surface area (Å²) in [5, 5.41) is 3.01. The van der Waals surface area contributed by atoms with Gasteiger partial charge in [0, 0.05) is 39.1 Å². The van der Waals surface area contributed by atoms with Gasteiger partial charge in [-0.05, 0) is 11.6 Å². The number of ether oxygens (including phenoxy) is 1. The molecule has 2 aromatic rings. The van der Waals surface area contributed by atoms with Crippen molar-refractivity contribution in [2.24, 2.45) is 7.05 Å². The number of furan rings is 1. The van der Waals surface area contributed by atoms with Gasteiger partial charge in [0.1, 0.15) is 0 Å². The first-order valence-electron chi connectivity index (χ1n) is 7.79. The molecule has 1 aliphatic heterocycles. The van der Waals surface area contributed by atoms with Crippen LogP contribution in [0, 0.1) is 0 Å². The third-order valence-electron chi connectivity index (χ3n) is 3.94. The molecule has 0 spiro atoms. The molecule has 0 aliphatic carbocycles. The first kappa shape index (κ1) is 16.3. The number of nitrogens with zero attached hydrogens (tertiary/aromatic N) is 3. The van der Waals surface area contributed by atoms with Crippen molar-refractivity contribution >= 4 is 11.7 Å². The van der Waals surface area contributed by atoms with Crippen LogP contribution in [0.2, 0.25) is 0 Å². The standard InChI is InChI=1S/C16H20N4O4/c1-19-4-3-17-15(16(19)22)18-9-13-10-20(5-7-24-13)14(21)8-12-2-6-23-11-12/h2-4,6,11,13H,5,7-10H2,1H3,(H,17,18)/t13-/m0/s1. The maximum Gasteiger partial charge on any atom is 0.293 e. The van der Waals surface area contributed by atoms with Crippen LogP contribution in [0.25, 0.3) is 0 Å². The Kier molecular flexibility index (Phi) is 4.95. The summed E-state index contributed by atoms with van der Waals surface area (Å²) < 4.78 is 12.1. The van der Waals surface area contributed by atoms with Crippen molar-refractivity contribution in [3.8, 4) is 0 Å². The summed E-state index contributed by atoms with van der Waals surface area (Å²) in [6, 6.07) is 1.79. The van der Waals surface area contributed by atoms with Crippen LogP contribution < -0.4 is 10.9 Å². The lowest BCUT2D eigenvalue weighted by molar-refractivity contribution is -0.137. The first-order valence-corrected chi connectivity index (χ1v) is 7.79. The number of amides is 1. The SMILES string of the molecule is Cn1ccnc(NC[C@H]2CN(C(=O)Cc3ccoc3)CCO2)c1=O. The molecule has 0 aromatic carbocycles. The van der Waals surface area contributed by atoms with Crippen LogP contribution in [-0.2, 0) is 23.0 Å². The number of rotatable bonds is 5. The van der Waals surface area contributed by atoms with Crippen molar-refractivity contribution in [3.05, 3.63) is 46.9 Å². The molecule has 0 unspecified atom stereocenters. The molecule has 24 heavy (non-hydrogen) atoms. The number of carbonyl (C=O) groups is 1. The Morgan fingerprint density at radius 1 is 1.50 bits per heavy atom. The van der Waals surface area contributed by atoms with Crippen LogP contribution in [0.3, 0.4) is 0 Å². The van der Waals surface area contributed by atoms with E-state index in [9.17, 15) is 9.59 Å². The largest absolute Gasteiger partial charge is 0.472 e. The molecule has 1 saturated heterocycles. The van der Waals surface area contributed by atoms with Crippen molar-refractivity contribution < 1.29 is 13.9 Å². The van der Waals surface area contributed by atoms with Crippen LogP contribution in [0.15, 0.2) is 40.2 Å². The molecule has 0 saturated carbocycles. The molecule has 0 bridgehead atoms. The fraction of sp³-hybridized carbons (Fsp3) is 0.438. The van der Waals surface area contributed by atoms with Gasteiger partial charge in [0.25, 0.3) is 5.56 Å². The van der Waals surface area contributed by atoms with Gasteiger partial charge in [0.05, 0.1) is 31.7 Å². The third kappa shape index (κ3) is 3.83. The number of anilines is 1. The Morgan fingerprint density at radius 2 is 2.38 bits per heavy atom. The Labute approximate surface area is 139 Å². The maximum atomic E-state index is 12.3. The average molecular weight is 332 g/mol. The molecule has 1 amide bonds. The van der Waals surface area contributed by atoms with E-state index in [-0.39, 0.29) is 23.4 Å². The van der Waals surface area contributed by atoms with E-state index in [1.807, 2.05) is 0 Å². The molecular weight excluding hydrogens is 312 g/mol. The second kappa shape index (κ2) is 7.31. The van der Waals surface area contributed by atoms with Crippen LogP contribution in [0.4, 0.5) is 5.82 Å². The van der Waals surface area contributed by atoms with Crippen molar-refractivity contribution in [3.63, 3.8) is 0 Å². The molecule has 1 atom stereocenters. The third-order valence-corrected chi connectivity index (χ3v) is 3.94. The quantitative estimate of drug-likeness (QED) is 0.844. The molecule has 2 aromatic heterocycles. The summed E-state index contributed by atoms with van der Waals surface area (Å²) >= 11 is 0. The van der Waals surface area contributed by atoms with Crippen LogP contribution >= 0.6 is 0 Å². The molecule has 1 aliphatic rings. The zero-order valence-corrected chi connectivity index (χ0v) is 13.5. The minimum Gasteiger partial charge on any atom is -0.472 e. The Hall–Kier alpha value is -2.61. The Bertz CT molecular complexity index is 741. The molecule has 3 rings (SSSR count). The number of aromatic nitrogens is 2. The zero-order valence-electron chi connectivity index (χ0n) is 13.5. The van der Waals surface area contributed by atoms with Gasteiger partial charge in [-0.1, -0.05) is 0 Å². The van der Waals surface area contributed by atoms with E-state index in [0.717, 1.165) is 5.56 Å². The predicted octanol–water partition coefficient (Wildman–Crippen LogP) is 0.255. The fourth-order valence-electron chi connectivity index (χ4n) is 2.58. The summed E-state index contributed by atoms with van der Waals surface area (Å²) in [5.74, 6) is 0.323. The van der Waals surface area contributed by atoms with Crippen LogP contribution in [0.5, 0.6) is 0 Å². The fourth-order valence-corrected chi connectivity index (χ4v) is 2.58. The second-order valence-electron chi connectivity index (χ2n) is 5.71. The summed E-state index contributed by atoms with van der Waals surface area (Å²) in [4.78, 5) is 30.1. The van der Waals surface area contributed by atoms with Gasteiger partial charge in [-0.25, -0.2) is 4.98 Å². The lowest BCUT2D eigenvalue weighted by atomic mass is 10.2. The van der Waals surface area contributed by atoms with Gasteiger partial charge in [0.2, 0.25) is 5.91 Å². The summed E-state index contributed by atoms with van der Waals surface area (Å²) in [7, 11) is 1.67. The predicted molar refractivity (Wildman–Crippen MR) is 86.7 cm³/mol. The highest BCUT2D eigenvalue weighted by Crippen LogP contribution is 2.10.